The second kappa shape index (κ2) is 5.06. The summed E-state index contributed by atoms with van der Waals surface area (Å²) in [6, 6.07) is 9.61. The van der Waals surface area contributed by atoms with E-state index < -0.39 is 0 Å². The number of aromatic nitrogens is 1. The summed E-state index contributed by atoms with van der Waals surface area (Å²) in [6.07, 6.45) is 1.70. The molecule has 2 heterocycles. The molecule has 1 aromatic heterocycles. The van der Waals surface area contributed by atoms with Gasteiger partial charge in [0.25, 0.3) is 0 Å². The fourth-order valence-corrected chi connectivity index (χ4v) is 1.96. The zero-order chi connectivity index (χ0) is 13.1. The highest BCUT2D eigenvalue weighted by atomic mass is 16.7. The number of benzene rings is 1. The van der Waals surface area contributed by atoms with Crippen LogP contribution in [0.3, 0.4) is 0 Å². The summed E-state index contributed by atoms with van der Waals surface area (Å²) in [5.74, 6) is 2.20. The first kappa shape index (κ1) is 11.6. The van der Waals surface area contributed by atoms with E-state index >= 15 is 0 Å². The number of hydrogen-bond donors (Lipinski definition) is 1. The molecule has 2 aromatic rings. The molecule has 3 rings (SSSR count). The van der Waals surface area contributed by atoms with Crippen LogP contribution in [0.5, 0.6) is 17.4 Å². The number of anilines is 1. The Kier molecular flexibility index (Phi) is 3.10. The maximum absolute atomic E-state index is 5.46. The van der Waals surface area contributed by atoms with Gasteiger partial charge in [0, 0.05) is 30.1 Å². The van der Waals surface area contributed by atoms with Crippen molar-refractivity contribution in [3.63, 3.8) is 0 Å². The zero-order valence-corrected chi connectivity index (χ0v) is 10.6. The number of rotatable bonds is 4. The van der Waals surface area contributed by atoms with Crippen LogP contribution in [0, 0.1) is 0 Å². The molecule has 1 aliphatic heterocycles. The van der Waals surface area contributed by atoms with Gasteiger partial charge < -0.3 is 19.5 Å². The first-order valence-electron chi connectivity index (χ1n) is 5.98. The lowest BCUT2D eigenvalue weighted by Crippen LogP contribution is -2.01. The van der Waals surface area contributed by atoms with Crippen molar-refractivity contribution in [3.05, 3.63) is 42.1 Å². The summed E-state index contributed by atoms with van der Waals surface area (Å²) in [7, 11) is 1.60. The second-order valence-electron chi connectivity index (χ2n) is 4.09. The topological polar surface area (TPSA) is 52.6 Å². The molecule has 5 heteroatoms. The van der Waals surface area contributed by atoms with Crippen molar-refractivity contribution in [3.8, 4) is 17.4 Å². The fraction of sp³-hybridized carbons (Fsp3) is 0.214. The van der Waals surface area contributed by atoms with E-state index in [1.165, 1.54) is 0 Å². The molecule has 0 amide bonds. The highest BCUT2D eigenvalue weighted by Crippen LogP contribution is 2.35. The largest absolute Gasteiger partial charge is 0.481 e. The van der Waals surface area contributed by atoms with Gasteiger partial charge in [0.2, 0.25) is 12.7 Å². The quantitative estimate of drug-likeness (QED) is 0.912. The van der Waals surface area contributed by atoms with E-state index in [4.69, 9.17) is 14.2 Å². The molecule has 0 fully saturated rings. The first-order valence-corrected chi connectivity index (χ1v) is 5.98. The Balaban J connectivity index is 1.74. The van der Waals surface area contributed by atoms with Crippen LogP contribution in [0.1, 0.15) is 5.56 Å². The maximum Gasteiger partial charge on any atom is 0.231 e. The SMILES string of the molecule is COc1cc(NCc2cccc3c2OCO3)ccn1. The molecule has 0 unspecified atom stereocenters. The van der Waals surface area contributed by atoms with Crippen LogP contribution in [-0.2, 0) is 6.54 Å². The zero-order valence-electron chi connectivity index (χ0n) is 10.6. The van der Waals surface area contributed by atoms with Crippen LogP contribution in [0.15, 0.2) is 36.5 Å². The first-order chi connectivity index (χ1) is 9.36. The molecule has 0 saturated carbocycles. The monoisotopic (exact) mass is 258 g/mol. The number of nitrogens with one attached hydrogen (secondary N) is 1. The van der Waals surface area contributed by atoms with Crippen LogP contribution >= 0.6 is 0 Å². The van der Waals surface area contributed by atoms with Crippen molar-refractivity contribution in [1.82, 2.24) is 4.98 Å². The molecule has 1 aliphatic rings. The van der Waals surface area contributed by atoms with Gasteiger partial charge in [-0.05, 0) is 12.1 Å². The van der Waals surface area contributed by atoms with Crippen molar-refractivity contribution < 1.29 is 14.2 Å². The van der Waals surface area contributed by atoms with Crippen LogP contribution < -0.4 is 19.5 Å². The van der Waals surface area contributed by atoms with Gasteiger partial charge in [0.05, 0.1) is 7.11 Å². The van der Waals surface area contributed by atoms with E-state index in [1.54, 1.807) is 13.3 Å². The Bertz CT molecular complexity index is 587. The second-order valence-corrected chi connectivity index (χ2v) is 4.09. The molecule has 0 saturated heterocycles. The summed E-state index contributed by atoms with van der Waals surface area (Å²) < 4.78 is 15.9. The van der Waals surface area contributed by atoms with Crippen molar-refractivity contribution in [2.45, 2.75) is 6.54 Å². The van der Waals surface area contributed by atoms with E-state index in [2.05, 4.69) is 10.3 Å². The van der Waals surface area contributed by atoms with Gasteiger partial charge in [0.1, 0.15) is 0 Å². The van der Waals surface area contributed by atoms with Crippen LogP contribution in [0.4, 0.5) is 5.69 Å². The summed E-state index contributed by atoms with van der Waals surface area (Å²) in [5.41, 5.74) is 2.01. The third-order valence-corrected chi connectivity index (χ3v) is 2.91. The average molecular weight is 258 g/mol. The number of hydrogen-bond acceptors (Lipinski definition) is 5. The van der Waals surface area contributed by atoms with Gasteiger partial charge in [-0.25, -0.2) is 4.98 Å². The molecule has 0 radical (unpaired) electrons. The number of para-hydroxylation sites is 1. The fourth-order valence-electron chi connectivity index (χ4n) is 1.96. The van der Waals surface area contributed by atoms with Crippen LogP contribution in [0.2, 0.25) is 0 Å². The van der Waals surface area contributed by atoms with E-state index in [0.29, 0.717) is 12.4 Å². The summed E-state index contributed by atoms with van der Waals surface area (Å²) in [5, 5.41) is 3.31. The lowest BCUT2D eigenvalue weighted by atomic mass is 10.2. The number of methoxy groups -OCH3 is 1. The Labute approximate surface area is 111 Å². The molecule has 0 spiro atoms. The Morgan fingerprint density at radius 2 is 2.26 bits per heavy atom. The van der Waals surface area contributed by atoms with Crippen molar-refractivity contribution in [2.24, 2.45) is 0 Å². The smallest absolute Gasteiger partial charge is 0.231 e. The summed E-state index contributed by atoms with van der Waals surface area (Å²) >= 11 is 0. The molecule has 98 valence electrons. The van der Waals surface area contributed by atoms with Gasteiger partial charge in [-0.1, -0.05) is 12.1 Å². The minimum atomic E-state index is 0.287. The normalized spacial score (nSPS) is 12.3. The van der Waals surface area contributed by atoms with Gasteiger partial charge >= 0.3 is 0 Å². The minimum absolute atomic E-state index is 0.287. The lowest BCUT2D eigenvalue weighted by molar-refractivity contribution is 0.173. The van der Waals surface area contributed by atoms with E-state index in [-0.39, 0.29) is 6.79 Å². The van der Waals surface area contributed by atoms with E-state index in [9.17, 15) is 0 Å². The van der Waals surface area contributed by atoms with Crippen LogP contribution in [-0.4, -0.2) is 18.9 Å². The van der Waals surface area contributed by atoms with Crippen molar-refractivity contribution in [1.29, 1.82) is 0 Å². The van der Waals surface area contributed by atoms with E-state index in [1.807, 2.05) is 30.3 Å². The highest BCUT2D eigenvalue weighted by Gasteiger charge is 2.16. The molecular formula is C14H14N2O3. The maximum atomic E-state index is 5.46. The van der Waals surface area contributed by atoms with E-state index in [0.717, 1.165) is 22.7 Å². The Morgan fingerprint density at radius 1 is 1.32 bits per heavy atom. The average Bonchev–Trinajstić information content (AvgIpc) is 2.94. The molecule has 1 N–H and O–H groups in total. The molecular weight excluding hydrogens is 244 g/mol. The molecule has 5 nitrogen and oxygen atoms in total. The van der Waals surface area contributed by atoms with Crippen LogP contribution in [0.25, 0.3) is 0 Å². The van der Waals surface area contributed by atoms with Crippen molar-refractivity contribution in [2.75, 3.05) is 19.2 Å². The molecule has 19 heavy (non-hydrogen) atoms. The molecule has 0 aliphatic carbocycles. The van der Waals surface area contributed by atoms with Gasteiger partial charge in [-0.3, -0.25) is 0 Å². The Hall–Kier alpha value is -2.43. The summed E-state index contributed by atoms with van der Waals surface area (Å²) in [4.78, 5) is 4.06. The highest BCUT2D eigenvalue weighted by molar-refractivity contribution is 5.51. The van der Waals surface area contributed by atoms with Gasteiger partial charge in [0.15, 0.2) is 11.5 Å². The lowest BCUT2D eigenvalue weighted by Gasteiger charge is -2.09. The number of pyridine rings is 1. The number of fused-ring (bicyclic) bond motifs is 1. The predicted molar refractivity (Wildman–Crippen MR) is 70.7 cm³/mol. The third kappa shape index (κ3) is 2.40. The van der Waals surface area contributed by atoms with Gasteiger partial charge in [-0.15, -0.1) is 0 Å². The third-order valence-electron chi connectivity index (χ3n) is 2.91. The minimum Gasteiger partial charge on any atom is -0.481 e. The molecule has 0 atom stereocenters. The number of nitrogens with zero attached hydrogens (tertiary/aromatic N) is 1. The summed E-state index contributed by atoms with van der Waals surface area (Å²) in [6.45, 7) is 0.940. The predicted octanol–water partition coefficient (Wildman–Crippen LogP) is 2.43. The van der Waals surface area contributed by atoms with Crippen molar-refractivity contribution >= 4 is 5.69 Å². The van der Waals surface area contributed by atoms with Gasteiger partial charge in [-0.2, -0.15) is 0 Å². The number of ether oxygens (including phenoxy) is 3. The Morgan fingerprint density at radius 3 is 3.16 bits per heavy atom. The molecule has 0 bridgehead atoms. The standard InChI is InChI=1S/C14H14N2O3/c1-17-13-7-11(5-6-15-13)16-8-10-3-2-4-12-14(10)19-9-18-12/h2-7H,8-9H2,1H3,(H,15,16). The molecule has 1 aromatic carbocycles.